The largest absolute Gasteiger partial charge is 0.387 e. The summed E-state index contributed by atoms with van der Waals surface area (Å²) in [5, 5.41) is 10.6. The lowest BCUT2D eigenvalue weighted by Gasteiger charge is -2.29. The van der Waals surface area contributed by atoms with Crippen LogP contribution in [0.5, 0.6) is 0 Å². The third-order valence-electron chi connectivity index (χ3n) is 4.48. The average molecular weight is 277 g/mol. The molecule has 1 aliphatic heterocycles. The first-order valence-electron chi connectivity index (χ1n) is 7.65. The van der Waals surface area contributed by atoms with Crippen LogP contribution in [0.15, 0.2) is 24.3 Å². The Morgan fingerprint density at radius 1 is 1.35 bits per heavy atom. The highest BCUT2D eigenvalue weighted by Crippen LogP contribution is 2.26. The van der Waals surface area contributed by atoms with Gasteiger partial charge in [0.15, 0.2) is 0 Å². The molecule has 0 bridgehead atoms. The van der Waals surface area contributed by atoms with E-state index in [1.807, 2.05) is 0 Å². The van der Waals surface area contributed by atoms with Crippen LogP contribution in [-0.2, 0) is 11.2 Å². The number of ether oxygens (including phenoxy) is 1. The van der Waals surface area contributed by atoms with Crippen LogP contribution in [-0.4, -0.2) is 42.9 Å². The first-order chi connectivity index (χ1) is 9.65. The van der Waals surface area contributed by atoms with Crippen LogP contribution >= 0.6 is 0 Å². The number of methoxy groups -OCH3 is 1. The maximum absolute atomic E-state index is 10.6. The van der Waals surface area contributed by atoms with Gasteiger partial charge < -0.3 is 9.84 Å². The van der Waals surface area contributed by atoms with Crippen molar-refractivity contribution >= 4 is 0 Å². The van der Waals surface area contributed by atoms with Gasteiger partial charge in [-0.3, -0.25) is 4.90 Å². The zero-order chi connectivity index (χ0) is 14.5. The molecule has 0 amide bonds. The highest BCUT2D eigenvalue weighted by Gasteiger charge is 2.30. The van der Waals surface area contributed by atoms with Crippen molar-refractivity contribution in [2.24, 2.45) is 5.92 Å². The summed E-state index contributed by atoms with van der Waals surface area (Å²) in [6, 6.07) is 8.50. The van der Waals surface area contributed by atoms with Crippen molar-refractivity contribution in [3.63, 3.8) is 0 Å². The van der Waals surface area contributed by atoms with Gasteiger partial charge in [-0.05, 0) is 43.4 Å². The number of hydrogen-bond donors (Lipinski definition) is 1. The number of likely N-dealkylation sites (tertiary alicyclic amines) is 1. The Morgan fingerprint density at radius 2 is 2.05 bits per heavy atom. The summed E-state index contributed by atoms with van der Waals surface area (Å²) in [5.41, 5.74) is 2.33. The molecule has 3 heteroatoms. The van der Waals surface area contributed by atoms with Crippen LogP contribution in [0.3, 0.4) is 0 Å². The summed E-state index contributed by atoms with van der Waals surface area (Å²) in [5.74, 6) is 0.608. The molecule has 3 nitrogen and oxygen atoms in total. The van der Waals surface area contributed by atoms with Crippen molar-refractivity contribution in [1.82, 2.24) is 4.90 Å². The van der Waals surface area contributed by atoms with Crippen molar-refractivity contribution in [2.45, 2.75) is 38.8 Å². The Labute approximate surface area is 122 Å². The molecule has 0 spiro atoms. The van der Waals surface area contributed by atoms with E-state index in [1.54, 1.807) is 7.11 Å². The Hall–Kier alpha value is -0.900. The molecule has 1 aromatic rings. The normalized spacial score (nSPS) is 22.9. The molecule has 0 radical (unpaired) electrons. The first kappa shape index (κ1) is 15.5. The fourth-order valence-electron chi connectivity index (χ4n) is 3.03. The molecule has 0 aliphatic carbocycles. The van der Waals surface area contributed by atoms with Crippen LogP contribution in [0.2, 0.25) is 0 Å². The third kappa shape index (κ3) is 3.60. The molecule has 1 fully saturated rings. The van der Waals surface area contributed by atoms with E-state index in [9.17, 15) is 5.11 Å². The number of rotatable bonds is 6. The summed E-state index contributed by atoms with van der Waals surface area (Å²) in [7, 11) is 1.76. The SMILES string of the molecule is CCc1ccc(C(O)C(C)N2CCC(COC)C2)cc1. The standard InChI is InChI=1S/C17H27NO2/c1-4-14-5-7-16(8-6-14)17(19)13(2)18-10-9-15(11-18)12-20-3/h5-8,13,15,17,19H,4,9-12H2,1-3H3. The van der Waals surface area contributed by atoms with E-state index >= 15 is 0 Å². The van der Waals surface area contributed by atoms with Gasteiger partial charge in [0.1, 0.15) is 0 Å². The summed E-state index contributed by atoms with van der Waals surface area (Å²) < 4.78 is 5.24. The van der Waals surface area contributed by atoms with E-state index in [0.29, 0.717) is 5.92 Å². The van der Waals surface area contributed by atoms with Gasteiger partial charge in [0.25, 0.3) is 0 Å². The quantitative estimate of drug-likeness (QED) is 0.867. The molecule has 3 atom stereocenters. The summed E-state index contributed by atoms with van der Waals surface area (Å²) >= 11 is 0. The highest BCUT2D eigenvalue weighted by molar-refractivity contribution is 5.25. The monoisotopic (exact) mass is 277 g/mol. The van der Waals surface area contributed by atoms with Crippen LogP contribution in [0, 0.1) is 5.92 Å². The number of nitrogens with zero attached hydrogens (tertiary/aromatic N) is 1. The molecule has 0 saturated carbocycles. The van der Waals surface area contributed by atoms with Crippen LogP contribution < -0.4 is 0 Å². The fraction of sp³-hybridized carbons (Fsp3) is 0.647. The van der Waals surface area contributed by atoms with Gasteiger partial charge in [0.2, 0.25) is 0 Å². The van der Waals surface area contributed by atoms with Gasteiger partial charge in [-0.15, -0.1) is 0 Å². The van der Waals surface area contributed by atoms with E-state index in [0.717, 1.165) is 31.7 Å². The van der Waals surface area contributed by atoms with Crippen molar-refractivity contribution < 1.29 is 9.84 Å². The first-order valence-corrected chi connectivity index (χ1v) is 7.65. The number of aliphatic hydroxyl groups excluding tert-OH is 1. The zero-order valence-corrected chi connectivity index (χ0v) is 12.9. The third-order valence-corrected chi connectivity index (χ3v) is 4.48. The lowest BCUT2D eigenvalue weighted by atomic mass is 10.0. The number of aryl methyl sites for hydroxylation is 1. The van der Waals surface area contributed by atoms with E-state index in [-0.39, 0.29) is 6.04 Å². The smallest absolute Gasteiger partial charge is 0.0942 e. The predicted molar refractivity (Wildman–Crippen MR) is 81.8 cm³/mol. The number of hydrogen-bond acceptors (Lipinski definition) is 3. The maximum atomic E-state index is 10.6. The number of aliphatic hydroxyl groups is 1. The molecule has 1 N–H and O–H groups in total. The van der Waals surface area contributed by atoms with Gasteiger partial charge >= 0.3 is 0 Å². The van der Waals surface area contributed by atoms with Crippen LogP contribution in [0.1, 0.15) is 37.5 Å². The summed E-state index contributed by atoms with van der Waals surface area (Å²) in [6.07, 6.45) is 1.79. The Morgan fingerprint density at radius 3 is 2.65 bits per heavy atom. The van der Waals surface area contributed by atoms with Crippen molar-refractivity contribution in [3.05, 3.63) is 35.4 Å². The molecule has 20 heavy (non-hydrogen) atoms. The molecule has 3 unspecified atom stereocenters. The summed E-state index contributed by atoms with van der Waals surface area (Å²) in [4.78, 5) is 2.38. The van der Waals surface area contributed by atoms with Gasteiger partial charge in [-0.2, -0.15) is 0 Å². The minimum absolute atomic E-state index is 0.157. The molecular weight excluding hydrogens is 250 g/mol. The molecule has 0 aromatic heterocycles. The second kappa shape index (κ2) is 7.21. The topological polar surface area (TPSA) is 32.7 Å². The molecule has 2 rings (SSSR count). The average Bonchev–Trinajstić information content (AvgIpc) is 2.95. The number of benzene rings is 1. The van der Waals surface area contributed by atoms with E-state index in [1.165, 1.54) is 12.0 Å². The molecule has 1 heterocycles. The Bertz CT molecular complexity index is 404. The molecule has 1 aliphatic rings. The predicted octanol–water partition coefficient (Wildman–Crippen LogP) is 2.64. The molecule has 1 aromatic carbocycles. The lowest BCUT2D eigenvalue weighted by Crippen LogP contribution is -2.36. The Balaban J connectivity index is 1.95. The van der Waals surface area contributed by atoms with Gasteiger partial charge in [0, 0.05) is 19.7 Å². The zero-order valence-electron chi connectivity index (χ0n) is 12.9. The Kier molecular flexibility index (Phi) is 5.58. The van der Waals surface area contributed by atoms with E-state index < -0.39 is 6.10 Å². The van der Waals surface area contributed by atoms with Crippen LogP contribution in [0.4, 0.5) is 0 Å². The van der Waals surface area contributed by atoms with Crippen molar-refractivity contribution in [1.29, 1.82) is 0 Å². The van der Waals surface area contributed by atoms with Gasteiger partial charge in [-0.25, -0.2) is 0 Å². The van der Waals surface area contributed by atoms with Gasteiger partial charge in [-0.1, -0.05) is 31.2 Å². The minimum atomic E-state index is -0.415. The van der Waals surface area contributed by atoms with E-state index in [2.05, 4.69) is 43.0 Å². The van der Waals surface area contributed by atoms with Crippen LogP contribution in [0.25, 0.3) is 0 Å². The highest BCUT2D eigenvalue weighted by atomic mass is 16.5. The van der Waals surface area contributed by atoms with Crippen molar-refractivity contribution in [3.8, 4) is 0 Å². The molecule has 1 saturated heterocycles. The van der Waals surface area contributed by atoms with Crippen molar-refractivity contribution in [2.75, 3.05) is 26.8 Å². The second-order valence-electron chi connectivity index (χ2n) is 5.89. The van der Waals surface area contributed by atoms with E-state index in [4.69, 9.17) is 4.74 Å². The molecular formula is C17H27NO2. The fourth-order valence-corrected chi connectivity index (χ4v) is 3.03. The maximum Gasteiger partial charge on any atom is 0.0942 e. The minimum Gasteiger partial charge on any atom is -0.387 e. The van der Waals surface area contributed by atoms with Gasteiger partial charge in [0.05, 0.1) is 12.7 Å². The molecule has 112 valence electrons. The lowest BCUT2D eigenvalue weighted by molar-refractivity contribution is 0.0655. The summed E-state index contributed by atoms with van der Waals surface area (Å²) in [6.45, 7) is 7.17. The second-order valence-corrected chi connectivity index (χ2v) is 5.89.